The molecule has 0 saturated heterocycles. The maximum Gasteiger partial charge on any atom is 0.123 e. The van der Waals surface area contributed by atoms with E-state index in [0.717, 1.165) is 30.6 Å². The molecule has 3 nitrogen and oxygen atoms in total. The predicted octanol–water partition coefficient (Wildman–Crippen LogP) is 1.89. The molecule has 17 heavy (non-hydrogen) atoms. The second-order valence-electron chi connectivity index (χ2n) is 4.22. The van der Waals surface area contributed by atoms with Gasteiger partial charge < -0.3 is 4.74 Å². The van der Waals surface area contributed by atoms with Crippen molar-refractivity contribution in [1.29, 1.82) is 0 Å². The Morgan fingerprint density at radius 1 is 1.47 bits per heavy atom. The third kappa shape index (κ3) is 3.28. The fourth-order valence-corrected chi connectivity index (χ4v) is 2.04. The molecule has 0 fully saturated rings. The maximum atomic E-state index is 13.1. The molecule has 1 aliphatic heterocycles. The topological polar surface area (TPSA) is 47.3 Å². The van der Waals surface area contributed by atoms with E-state index in [1.54, 1.807) is 12.3 Å². The second-order valence-corrected chi connectivity index (χ2v) is 4.22. The zero-order chi connectivity index (χ0) is 12.1. The van der Waals surface area contributed by atoms with Crippen LogP contribution in [0.5, 0.6) is 0 Å². The Balaban J connectivity index is 2.06. The minimum absolute atomic E-state index is 0.0112. The molecule has 3 N–H and O–H groups in total. The number of nitrogens with one attached hydrogen (secondary N) is 1. The quantitative estimate of drug-likeness (QED) is 0.620. The lowest BCUT2D eigenvalue weighted by Crippen LogP contribution is -2.39. The monoisotopic (exact) mass is 236 g/mol. The molecular formula is C13H17FN2O. The highest BCUT2D eigenvalue weighted by Crippen LogP contribution is 2.18. The SMILES string of the molecule is NNC(Cc1cccc(F)c1)C1=COCCC1. The van der Waals surface area contributed by atoms with Crippen molar-refractivity contribution in [1.82, 2.24) is 5.43 Å². The van der Waals surface area contributed by atoms with Crippen LogP contribution >= 0.6 is 0 Å². The lowest BCUT2D eigenvalue weighted by Gasteiger charge is -2.22. The predicted molar refractivity (Wildman–Crippen MR) is 64.5 cm³/mol. The van der Waals surface area contributed by atoms with E-state index < -0.39 is 0 Å². The minimum atomic E-state index is -0.216. The van der Waals surface area contributed by atoms with Gasteiger partial charge in [0.1, 0.15) is 5.82 Å². The zero-order valence-corrected chi connectivity index (χ0v) is 9.66. The molecule has 4 heteroatoms. The van der Waals surface area contributed by atoms with Gasteiger partial charge in [-0.15, -0.1) is 0 Å². The number of nitrogens with two attached hydrogens (primary N) is 1. The molecule has 1 aromatic rings. The van der Waals surface area contributed by atoms with Crippen molar-refractivity contribution >= 4 is 0 Å². The molecule has 0 aromatic heterocycles. The largest absolute Gasteiger partial charge is 0.501 e. The molecule has 1 heterocycles. The van der Waals surface area contributed by atoms with Crippen LogP contribution in [0.15, 0.2) is 36.1 Å². The molecular weight excluding hydrogens is 219 g/mol. The summed E-state index contributed by atoms with van der Waals surface area (Å²) in [5.74, 6) is 5.33. The lowest BCUT2D eigenvalue weighted by molar-refractivity contribution is 0.219. The average Bonchev–Trinajstić information content (AvgIpc) is 2.37. The summed E-state index contributed by atoms with van der Waals surface area (Å²) in [6.45, 7) is 0.765. The summed E-state index contributed by atoms with van der Waals surface area (Å²) in [6, 6.07) is 6.60. The lowest BCUT2D eigenvalue weighted by atomic mass is 9.96. The van der Waals surface area contributed by atoms with Crippen LogP contribution in [0.2, 0.25) is 0 Å². The van der Waals surface area contributed by atoms with Crippen molar-refractivity contribution in [2.45, 2.75) is 25.3 Å². The highest BCUT2D eigenvalue weighted by atomic mass is 19.1. The summed E-state index contributed by atoms with van der Waals surface area (Å²) < 4.78 is 18.4. The van der Waals surface area contributed by atoms with Gasteiger partial charge in [-0.2, -0.15) is 0 Å². The Morgan fingerprint density at radius 3 is 3.00 bits per heavy atom. The Kier molecular flexibility index (Phi) is 4.12. The summed E-state index contributed by atoms with van der Waals surface area (Å²) in [5.41, 5.74) is 4.84. The van der Waals surface area contributed by atoms with Gasteiger partial charge in [0.05, 0.1) is 12.9 Å². The number of hydrogen-bond donors (Lipinski definition) is 2. The first kappa shape index (κ1) is 12.1. The summed E-state index contributed by atoms with van der Waals surface area (Å²) in [6.07, 6.45) is 4.42. The van der Waals surface area contributed by atoms with E-state index in [1.807, 2.05) is 6.07 Å². The third-order valence-electron chi connectivity index (χ3n) is 2.94. The van der Waals surface area contributed by atoms with Gasteiger partial charge in [0, 0.05) is 6.04 Å². The molecule has 2 rings (SSSR count). The number of halogens is 1. The number of hydrazine groups is 1. The van der Waals surface area contributed by atoms with Crippen LogP contribution in [0.4, 0.5) is 4.39 Å². The molecule has 1 atom stereocenters. The average molecular weight is 236 g/mol. The molecule has 92 valence electrons. The Morgan fingerprint density at radius 2 is 2.35 bits per heavy atom. The van der Waals surface area contributed by atoms with Crippen LogP contribution in [0.1, 0.15) is 18.4 Å². The molecule has 0 aliphatic carbocycles. The number of ether oxygens (including phenoxy) is 1. The number of benzene rings is 1. The maximum absolute atomic E-state index is 13.1. The van der Waals surface area contributed by atoms with Crippen molar-refractivity contribution in [3.8, 4) is 0 Å². The van der Waals surface area contributed by atoms with Gasteiger partial charge in [-0.25, -0.2) is 4.39 Å². The smallest absolute Gasteiger partial charge is 0.123 e. The van der Waals surface area contributed by atoms with E-state index in [9.17, 15) is 4.39 Å². The van der Waals surface area contributed by atoms with E-state index in [0.29, 0.717) is 6.42 Å². The standard InChI is InChI=1S/C13H17FN2O/c14-12-5-1-3-10(7-12)8-13(16-15)11-4-2-6-17-9-11/h1,3,5,7,9,13,16H,2,4,6,8,15H2. The molecule has 0 amide bonds. The van der Waals surface area contributed by atoms with Gasteiger partial charge in [-0.1, -0.05) is 12.1 Å². The highest BCUT2D eigenvalue weighted by Gasteiger charge is 2.16. The normalized spacial score (nSPS) is 17.2. The summed E-state index contributed by atoms with van der Waals surface area (Å²) in [7, 11) is 0. The summed E-state index contributed by atoms with van der Waals surface area (Å²) >= 11 is 0. The zero-order valence-electron chi connectivity index (χ0n) is 9.66. The summed E-state index contributed by atoms with van der Waals surface area (Å²) in [5, 5.41) is 0. The minimum Gasteiger partial charge on any atom is -0.501 e. The van der Waals surface area contributed by atoms with Gasteiger partial charge in [0.15, 0.2) is 0 Å². The van der Waals surface area contributed by atoms with E-state index >= 15 is 0 Å². The molecule has 0 spiro atoms. The molecule has 1 aromatic carbocycles. The fraction of sp³-hybridized carbons (Fsp3) is 0.385. The molecule has 1 unspecified atom stereocenters. The third-order valence-corrected chi connectivity index (χ3v) is 2.94. The van der Waals surface area contributed by atoms with Crippen LogP contribution in [-0.2, 0) is 11.2 Å². The Hall–Kier alpha value is -1.39. The Labute approximate surface area is 100 Å². The first-order valence-electron chi connectivity index (χ1n) is 5.80. The first-order chi connectivity index (χ1) is 8.29. The van der Waals surface area contributed by atoms with Crippen LogP contribution in [0, 0.1) is 5.82 Å². The summed E-state index contributed by atoms with van der Waals surface area (Å²) in [4.78, 5) is 0. The van der Waals surface area contributed by atoms with Gasteiger partial charge in [0.2, 0.25) is 0 Å². The second kappa shape index (κ2) is 5.80. The van der Waals surface area contributed by atoms with Crippen molar-refractivity contribution in [2.24, 2.45) is 5.84 Å². The van der Waals surface area contributed by atoms with E-state index in [-0.39, 0.29) is 11.9 Å². The van der Waals surface area contributed by atoms with Crippen LogP contribution in [0.25, 0.3) is 0 Å². The van der Waals surface area contributed by atoms with Crippen molar-refractivity contribution < 1.29 is 9.13 Å². The number of hydrogen-bond acceptors (Lipinski definition) is 3. The fourth-order valence-electron chi connectivity index (χ4n) is 2.04. The first-order valence-corrected chi connectivity index (χ1v) is 5.80. The van der Waals surface area contributed by atoms with Crippen molar-refractivity contribution in [3.63, 3.8) is 0 Å². The molecule has 0 radical (unpaired) electrons. The molecule has 0 saturated carbocycles. The molecule has 1 aliphatic rings. The van der Waals surface area contributed by atoms with Crippen LogP contribution in [-0.4, -0.2) is 12.6 Å². The van der Waals surface area contributed by atoms with E-state index in [2.05, 4.69) is 5.43 Å². The van der Waals surface area contributed by atoms with E-state index in [1.165, 1.54) is 12.1 Å². The Bertz CT molecular complexity index is 406. The molecule has 0 bridgehead atoms. The highest BCUT2D eigenvalue weighted by molar-refractivity contribution is 5.21. The van der Waals surface area contributed by atoms with E-state index in [4.69, 9.17) is 10.6 Å². The van der Waals surface area contributed by atoms with Gasteiger partial charge in [0.25, 0.3) is 0 Å². The number of rotatable bonds is 4. The van der Waals surface area contributed by atoms with Gasteiger partial charge in [-0.3, -0.25) is 11.3 Å². The van der Waals surface area contributed by atoms with Gasteiger partial charge >= 0.3 is 0 Å². The van der Waals surface area contributed by atoms with Crippen LogP contribution in [0.3, 0.4) is 0 Å². The van der Waals surface area contributed by atoms with Crippen molar-refractivity contribution in [2.75, 3.05) is 6.61 Å². The van der Waals surface area contributed by atoms with Crippen LogP contribution < -0.4 is 11.3 Å². The van der Waals surface area contributed by atoms with Gasteiger partial charge in [-0.05, 0) is 42.5 Å². The van der Waals surface area contributed by atoms with Crippen molar-refractivity contribution in [3.05, 3.63) is 47.5 Å².